The van der Waals surface area contributed by atoms with Crippen molar-refractivity contribution in [3.8, 4) is 11.1 Å². The number of rotatable bonds is 2. The Bertz CT molecular complexity index is 1310. The topological polar surface area (TPSA) is 34.9 Å². The maximum absolute atomic E-state index is 13.5. The van der Waals surface area contributed by atoms with Gasteiger partial charge in [-0.05, 0) is 41.3 Å². The van der Waals surface area contributed by atoms with Crippen molar-refractivity contribution in [1.29, 1.82) is 0 Å². The third-order valence-corrected chi connectivity index (χ3v) is 5.83. The molecule has 0 radical (unpaired) electrons. The maximum atomic E-state index is 13.5. The first kappa shape index (κ1) is 17.0. The predicted molar refractivity (Wildman–Crippen MR) is 108 cm³/mol. The van der Waals surface area contributed by atoms with Crippen LogP contribution in [-0.4, -0.2) is 9.55 Å². The van der Waals surface area contributed by atoms with Crippen molar-refractivity contribution in [1.82, 2.24) is 9.55 Å². The van der Waals surface area contributed by atoms with Gasteiger partial charge in [0.1, 0.15) is 10.7 Å². The SMILES string of the molecule is O=c1c2c(-c3ccccc3)csc2nc2n1CC/C2=C\c1ccc(F)c(F)c1. The molecule has 28 heavy (non-hydrogen) atoms. The van der Waals surface area contributed by atoms with E-state index in [1.165, 1.54) is 17.4 Å². The molecule has 0 amide bonds. The van der Waals surface area contributed by atoms with Gasteiger partial charge in [0.25, 0.3) is 5.56 Å². The minimum Gasteiger partial charge on any atom is -0.292 e. The van der Waals surface area contributed by atoms with E-state index in [2.05, 4.69) is 0 Å². The summed E-state index contributed by atoms with van der Waals surface area (Å²) in [6.45, 7) is 0.524. The Morgan fingerprint density at radius 1 is 1.07 bits per heavy atom. The lowest BCUT2D eigenvalue weighted by Gasteiger charge is -2.05. The van der Waals surface area contributed by atoms with Gasteiger partial charge in [0.15, 0.2) is 11.6 Å². The number of allylic oxidation sites excluding steroid dienone is 1. The molecule has 0 bridgehead atoms. The van der Waals surface area contributed by atoms with Crippen molar-refractivity contribution in [3.63, 3.8) is 0 Å². The largest absolute Gasteiger partial charge is 0.292 e. The third-order valence-electron chi connectivity index (χ3n) is 4.96. The molecule has 0 saturated heterocycles. The average Bonchev–Trinajstić information content (AvgIpc) is 3.31. The number of hydrogen-bond donors (Lipinski definition) is 0. The first-order valence-corrected chi connectivity index (χ1v) is 9.73. The van der Waals surface area contributed by atoms with Gasteiger partial charge in [-0.15, -0.1) is 11.3 Å². The molecule has 3 heterocycles. The van der Waals surface area contributed by atoms with Crippen molar-refractivity contribution >= 4 is 33.2 Å². The third kappa shape index (κ3) is 2.68. The van der Waals surface area contributed by atoms with E-state index in [9.17, 15) is 13.6 Å². The minimum absolute atomic E-state index is 0.0613. The number of halogens is 2. The van der Waals surface area contributed by atoms with Crippen LogP contribution in [0.3, 0.4) is 0 Å². The van der Waals surface area contributed by atoms with Crippen molar-refractivity contribution < 1.29 is 8.78 Å². The van der Waals surface area contributed by atoms with Crippen LogP contribution >= 0.6 is 11.3 Å². The molecule has 4 aromatic rings. The summed E-state index contributed by atoms with van der Waals surface area (Å²) in [5.74, 6) is -1.17. The summed E-state index contributed by atoms with van der Waals surface area (Å²) < 4.78 is 28.4. The van der Waals surface area contributed by atoms with Crippen molar-refractivity contribution in [2.75, 3.05) is 0 Å². The highest BCUT2D eigenvalue weighted by Crippen LogP contribution is 2.34. The molecule has 2 aromatic carbocycles. The normalized spacial score (nSPS) is 14.7. The second-order valence-corrected chi connectivity index (χ2v) is 7.54. The first-order chi connectivity index (χ1) is 13.6. The van der Waals surface area contributed by atoms with Gasteiger partial charge in [0, 0.05) is 17.5 Å². The molecule has 0 N–H and O–H groups in total. The molecule has 0 atom stereocenters. The zero-order valence-corrected chi connectivity index (χ0v) is 15.5. The fourth-order valence-corrected chi connectivity index (χ4v) is 4.53. The summed E-state index contributed by atoms with van der Waals surface area (Å²) in [5, 5.41) is 2.59. The summed E-state index contributed by atoms with van der Waals surface area (Å²) in [5.41, 5.74) is 3.22. The summed E-state index contributed by atoms with van der Waals surface area (Å²) in [4.78, 5) is 18.6. The van der Waals surface area contributed by atoms with Crippen LogP contribution in [0.25, 0.3) is 33.0 Å². The highest BCUT2D eigenvalue weighted by molar-refractivity contribution is 7.17. The second-order valence-electron chi connectivity index (χ2n) is 6.68. The van der Waals surface area contributed by atoms with E-state index in [1.807, 2.05) is 35.7 Å². The smallest absolute Gasteiger partial charge is 0.263 e. The van der Waals surface area contributed by atoms with E-state index in [4.69, 9.17) is 4.98 Å². The zero-order valence-electron chi connectivity index (χ0n) is 14.7. The Morgan fingerprint density at radius 3 is 2.68 bits per heavy atom. The molecule has 0 spiro atoms. The van der Waals surface area contributed by atoms with E-state index in [0.29, 0.717) is 34.6 Å². The van der Waals surface area contributed by atoms with Crippen LogP contribution in [0.1, 0.15) is 17.8 Å². The lowest BCUT2D eigenvalue weighted by atomic mass is 10.1. The van der Waals surface area contributed by atoms with Crippen LogP contribution in [-0.2, 0) is 6.54 Å². The summed E-state index contributed by atoms with van der Waals surface area (Å²) in [7, 11) is 0. The highest BCUT2D eigenvalue weighted by atomic mass is 32.1. The van der Waals surface area contributed by atoms with Crippen LogP contribution < -0.4 is 5.56 Å². The van der Waals surface area contributed by atoms with E-state index >= 15 is 0 Å². The molecule has 0 saturated carbocycles. The Kier molecular flexibility index (Phi) is 3.94. The summed E-state index contributed by atoms with van der Waals surface area (Å²) in [6, 6.07) is 13.6. The highest BCUT2D eigenvalue weighted by Gasteiger charge is 2.23. The standard InChI is InChI=1S/C22H14F2N2OS/c23-17-7-6-13(11-18(17)24)10-15-8-9-26-20(15)25-21-19(22(26)27)16(12-28-21)14-4-2-1-3-5-14/h1-7,10-12H,8-9H2/b15-10+. The first-order valence-electron chi connectivity index (χ1n) is 8.85. The Morgan fingerprint density at radius 2 is 1.89 bits per heavy atom. The van der Waals surface area contributed by atoms with Crippen LogP contribution in [0, 0.1) is 11.6 Å². The van der Waals surface area contributed by atoms with Crippen molar-refractivity contribution in [2.24, 2.45) is 0 Å². The van der Waals surface area contributed by atoms with Crippen LogP contribution in [0.15, 0.2) is 58.7 Å². The van der Waals surface area contributed by atoms with E-state index in [-0.39, 0.29) is 5.56 Å². The lowest BCUT2D eigenvalue weighted by Crippen LogP contribution is -2.20. The van der Waals surface area contributed by atoms with Gasteiger partial charge in [-0.1, -0.05) is 36.4 Å². The minimum atomic E-state index is -0.890. The van der Waals surface area contributed by atoms with E-state index in [0.717, 1.165) is 28.8 Å². The van der Waals surface area contributed by atoms with E-state index in [1.54, 1.807) is 10.6 Å². The second kappa shape index (κ2) is 6.49. The van der Waals surface area contributed by atoms with Gasteiger partial charge in [-0.2, -0.15) is 0 Å². The average molecular weight is 392 g/mol. The maximum Gasteiger partial charge on any atom is 0.263 e. The molecule has 3 nitrogen and oxygen atoms in total. The number of benzene rings is 2. The van der Waals surface area contributed by atoms with Gasteiger partial charge in [-0.25, -0.2) is 13.8 Å². The number of fused-ring (bicyclic) bond motifs is 2. The summed E-state index contributed by atoms with van der Waals surface area (Å²) in [6.07, 6.45) is 2.39. The van der Waals surface area contributed by atoms with E-state index < -0.39 is 11.6 Å². The molecule has 2 aromatic heterocycles. The fourth-order valence-electron chi connectivity index (χ4n) is 3.59. The van der Waals surface area contributed by atoms with Gasteiger partial charge in [0.2, 0.25) is 0 Å². The summed E-state index contributed by atoms with van der Waals surface area (Å²) >= 11 is 1.44. The molecule has 0 fully saturated rings. The van der Waals surface area contributed by atoms with Gasteiger partial charge >= 0.3 is 0 Å². The lowest BCUT2D eigenvalue weighted by molar-refractivity contribution is 0.508. The van der Waals surface area contributed by atoms with Crippen LogP contribution in [0.5, 0.6) is 0 Å². The Hall–Kier alpha value is -3.12. The quantitative estimate of drug-likeness (QED) is 0.461. The predicted octanol–water partition coefficient (Wildman–Crippen LogP) is 5.35. The molecule has 5 rings (SSSR count). The monoisotopic (exact) mass is 392 g/mol. The molecule has 0 aliphatic carbocycles. The molecule has 1 aliphatic rings. The number of nitrogens with zero attached hydrogens (tertiary/aromatic N) is 2. The molecule has 1 aliphatic heterocycles. The van der Waals surface area contributed by atoms with Crippen LogP contribution in [0.2, 0.25) is 0 Å². The number of aromatic nitrogens is 2. The molecular weight excluding hydrogens is 378 g/mol. The Labute approximate surface area is 163 Å². The van der Waals surface area contributed by atoms with Crippen LogP contribution in [0.4, 0.5) is 8.78 Å². The zero-order chi connectivity index (χ0) is 19.3. The van der Waals surface area contributed by atoms with Crippen molar-refractivity contribution in [2.45, 2.75) is 13.0 Å². The molecule has 0 unspecified atom stereocenters. The van der Waals surface area contributed by atoms with Gasteiger partial charge < -0.3 is 0 Å². The van der Waals surface area contributed by atoms with Crippen molar-refractivity contribution in [3.05, 3.63) is 87.3 Å². The molecular formula is C22H14F2N2OS. The molecule has 6 heteroatoms. The fraction of sp³-hybridized carbons (Fsp3) is 0.0909. The Balaban J connectivity index is 1.66. The molecule has 138 valence electrons. The van der Waals surface area contributed by atoms with Gasteiger partial charge in [-0.3, -0.25) is 9.36 Å². The van der Waals surface area contributed by atoms with Gasteiger partial charge in [0.05, 0.1) is 5.39 Å². The number of thiophene rings is 1. The number of hydrogen-bond acceptors (Lipinski definition) is 3.